The molecule has 0 unspecified atom stereocenters. The Labute approximate surface area is 141 Å². The lowest BCUT2D eigenvalue weighted by Crippen LogP contribution is -2.39. The van der Waals surface area contributed by atoms with E-state index in [4.69, 9.17) is 23.2 Å². The molecule has 0 spiro atoms. The summed E-state index contributed by atoms with van der Waals surface area (Å²) in [6.07, 6.45) is 1.88. The van der Waals surface area contributed by atoms with Crippen LogP contribution in [0, 0.1) is 0 Å². The van der Waals surface area contributed by atoms with Crippen LogP contribution >= 0.6 is 47.2 Å². The van der Waals surface area contributed by atoms with Gasteiger partial charge in [0.15, 0.2) is 5.96 Å². The maximum atomic E-state index is 5.95. The quantitative estimate of drug-likeness (QED) is 0.464. The maximum Gasteiger partial charge on any atom is 0.194 e. The topological polar surface area (TPSA) is 32.6 Å². The summed E-state index contributed by atoms with van der Waals surface area (Å²) < 4.78 is 1.99. The van der Waals surface area contributed by atoms with E-state index < -0.39 is 0 Å². The van der Waals surface area contributed by atoms with Crippen molar-refractivity contribution in [2.45, 2.75) is 6.54 Å². The number of guanidine groups is 1. The van der Waals surface area contributed by atoms with E-state index in [1.54, 1.807) is 7.05 Å². The zero-order chi connectivity index (χ0) is 13.7. The molecular weight excluding hydrogens is 398 g/mol. The Kier molecular flexibility index (Phi) is 8.52. The Morgan fingerprint density at radius 1 is 1.58 bits per heavy atom. The SMILES string of the molecule is C=C(Cl)CNC(=NC)N(C)Cc1cc(Cl)cn1C.I. The van der Waals surface area contributed by atoms with Gasteiger partial charge in [0.2, 0.25) is 0 Å². The third-order valence-electron chi connectivity index (χ3n) is 2.49. The Hall–Kier alpha value is -0.400. The van der Waals surface area contributed by atoms with Crippen LogP contribution in [-0.2, 0) is 13.6 Å². The van der Waals surface area contributed by atoms with Gasteiger partial charge >= 0.3 is 0 Å². The first-order valence-electron chi connectivity index (χ1n) is 5.50. The number of rotatable bonds is 4. The Bertz CT molecular complexity index is 457. The number of hydrogen-bond donors (Lipinski definition) is 1. The lowest BCUT2D eigenvalue weighted by Gasteiger charge is -2.22. The van der Waals surface area contributed by atoms with Gasteiger partial charge in [0.1, 0.15) is 0 Å². The standard InChI is InChI=1S/C12H18Cl2N4.HI/c1-9(13)6-16-12(15-2)18(4)8-11-5-10(14)7-17(11)3;/h5,7H,1,6,8H2,2-4H3,(H,15,16);1H. The smallest absolute Gasteiger partial charge is 0.194 e. The molecule has 0 aliphatic rings. The van der Waals surface area contributed by atoms with Crippen LogP contribution in [-0.4, -0.2) is 36.1 Å². The van der Waals surface area contributed by atoms with E-state index in [0.29, 0.717) is 18.1 Å². The highest BCUT2D eigenvalue weighted by atomic mass is 127. The number of nitrogens with zero attached hydrogens (tertiary/aromatic N) is 3. The van der Waals surface area contributed by atoms with Crippen LogP contribution in [0.1, 0.15) is 5.69 Å². The first-order valence-corrected chi connectivity index (χ1v) is 6.25. The molecule has 0 fully saturated rings. The summed E-state index contributed by atoms with van der Waals surface area (Å²) in [5.41, 5.74) is 1.11. The number of nitrogens with one attached hydrogen (secondary N) is 1. The minimum absolute atomic E-state index is 0. The van der Waals surface area contributed by atoms with Crippen molar-refractivity contribution in [1.82, 2.24) is 14.8 Å². The number of aryl methyl sites for hydroxylation is 1. The molecule has 0 radical (unpaired) electrons. The highest BCUT2D eigenvalue weighted by Gasteiger charge is 2.09. The predicted octanol–water partition coefficient (Wildman–Crippen LogP) is 3.06. The highest BCUT2D eigenvalue weighted by molar-refractivity contribution is 14.0. The van der Waals surface area contributed by atoms with Gasteiger partial charge in [-0.05, 0) is 6.07 Å². The van der Waals surface area contributed by atoms with E-state index in [-0.39, 0.29) is 24.0 Å². The van der Waals surface area contributed by atoms with Gasteiger partial charge in [-0.15, -0.1) is 24.0 Å². The van der Waals surface area contributed by atoms with Gasteiger partial charge in [0.25, 0.3) is 0 Å². The fourth-order valence-electron chi connectivity index (χ4n) is 1.60. The van der Waals surface area contributed by atoms with Gasteiger partial charge in [-0.3, -0.25) is 4.99 Å². The molecule has 0 saturated carbocycles. The molecule has 1 heterocycles. The van der Waals surface area contributed by atoms with Crippen molar-refractivity contribution < 1.29 is 0 Å². The number of hydrogen-bond acceptors (Lipinski definition) is 1. The normalized spacial score (nSPS) is 10.9. The van der Waals surface area contributed by atoms with Gasteiger partial charge in [-0.2, -0.15) is 0 Å². The lowest BCUT2D eigenvalue weighted by molar-refractivity contribution is 0.465. The average Bonchev–Trinajstić information content (AvgIpc) is 2.57. The average molecular weight is 417 g/mol. The molecule has 108 valence electrons. The summed E-state index contributed by atoms with van der Waals surface area (Å²) in [7, 11) is 5.65. The van der Waals surface area contributed by atoms with Gasteiger partial charge in [-0.25, -0.2) is 0 Å². The van der Waals surface area contributed by atoms with Gasteiger partial charge in [0.05, 0.1) is 18.1 Å². The van der Waals surface area contributed by atoms with Crippen LogP contribution in [0.2, 0.25) is 5.02 Å². The summed E-state index contributed by atoms with van der Waals surface area (Å²) in [5.74, 6) is 0.758. The van der Waals surface area contributed by atoms with Crippen LogP contribution in [0.3, 0.4) is 0 Å². The van der Waals surface area contributed by atoms with E-state index in [1.165, 1.54) is 0 Å². The molecule has 0 aliphatic heterocycles. The molecule has 1 N–H and O–H groups in total. The van der Waals surface area contributed by atoms with E-state index >= 15 is 0 Å². The second-order valence-corrected chi connectivity index (χ2v) is 5.01. The molecule has 0 aliphatic carbocycles. The fourth-order valence-corrected chi connectivity index (χ4v) is 1.94. The molecule has 0 aromatic carbocycles. The number of aliphatic imine (C=N–C) groups is 1. The molecule has 0 amide bonds. The second-order valence-electron chi connectivity index (χ2n) is 4.03. The third-order valence-corrected chi connectivity index (χ3v) is 2.83. The highest BCUT2D eigenvalue weighted by Crippen LogP contribution is 2.14. The molecule has 0 bridgehead atoms. The van der Waals surface area contributed by atoms with E-state index in [2.05, 4.69) is 16.9 Å². The molecule has 19 heavy (non-hydrogen) atoms. The lowest BCUT2D eigenvalue weighted by atomic mass is 10.4. The second kappa shape index (κ2) is 8.71. The summed E-state index contributed by atoms with van der Waals surface area (Å²) in [4.78, 5) is 6.17. The molecule has 1 rings (SSSR count). The van der Waals surface area contributed by atoms with Crippen molar-refractivity contribution >= 4 is 53.1 Å². The van der Waals surface area contributed by atoms with Crippen molar-refractivity contribution in [1.29, 1.82) is 0 Å². The first kappa shape index (κ1) is 18.6. The van der Waals surface area contributed by atoms with Gasteiger partial charge < -0.3 is 14.8 Å². The zero-order valence-corrected chi connectivity index (χ0v) is 15.1. The van der Waals surface area contributed by atoms with Crippen molar-refractivity contribution in [2.75, 3.05) is 20.6 Å². The van der Waals surface area contributed by atoms with Crippen LogP contribution in [0.25, 0.3) is 0 Å². The van der Waals surface area contributed by atoms with Crippen molar-refractivity contribution in [3.63, 3.8) is 0 Å². The fraction of sp³-hybridized carbons (Fsp3) is 0.417. The number of halogens is 3. The van der Waals surface area contributed by atoms with Crippen molar-refractivity contribution in [3.05, 3.63) is 34.6 Å². The molecule has 0 saturated heterocycles. The van der Waals surface area contributed by atoms with Gasteiger partial charge in [0, 0.05) is 38.1 Å². The molecule has 7 heteroatoms. The minimum atomic E-state index is 0. The predicted molar refractivity (Wildman–Crippen MR) is 93.7 cm³/mol. The monoisotopic (exact) mass is 416 g/mol. The third kappa shape index (κ3) is 6.05. The van der Waals surface area contributed by atoms with Crippen LogP contribution in [0.15, 0.2) is 28.9 Å². The Morgan fingerprint density at radius 3 is 2.63 bits per heavy atom. The van der Waals surface area contributed by atoms with Crippen LogP contribution < -0.4 is 5.32 Å². The first-order chi connectivity index (χ1) is 8.43. The molecule has 1 aromatic heterocycles. The molecule has 0 atom stereocenters. The minimum Gasteiger partial charge on any atom is -0.351 e. The van der Waals surface area contributed by atoms with Gasteiger partial charge in [-0.1, -0.05) is 29.8 Å². The van der Waals surface area contributed by atoms with E-state index in [0.717, 1.165) is 16.7 Å². The number of aromatic nitrogens is 1. The maximum absolute atomic E-state index is 5.95. The van der Waals surface area contributed by atoms with E-state index in [1.807, 2.05) is 35.8 Å². The molecule has 4 nitrogen and oxygen atoms in total. The molecular formula is C12H19Cl2IN4. The van der Waals surface area contributed by atoms with E-state index in [9.17, 15) is 0 Å². The summed E-state index contributed by atoms with van der Waals surface area (Å²) >= 11 is 11.7. The Balaban J connectivity index is 0.00000324. The summed E-state index contributed by atoms with van der Waals surface area (Å²) in [5, 5.41) is 4.40. The van der Waals surface area contributed by atoms with Crippen LogP contribution in [0.4, 0.5) is 0 Å². The van der Waals surface area contributed by atoms with Crippen molar-refractivity contribution in [2.24, 2.45) is 12.0 Å². The van der Waals surface area contributed by atoms with Crippen LogP contribution in [0.5, 0.6) is 0 Å². The summed E-state index contributed by atoms with van der Waals surface area (Å²) in [6.45, 7) is 4.83. The zero-order valence-electron chi connectivity index (χ0n) is 11.3. The van der Waals surface area contributed by atoms with Crippen molar-refractivity contribution in [3.8, 4) is 0 Å². The Morgan fingerprint density at radius 2 is 2.21 bits per heavy atom. The molecule has 1 aromatic rings. The summed E-state index contributed by atoms with van der Waals surface area (Å²) in [6, 6.07) is 1.94. The largest absolute Gasteiger partial charge is 0.351 e.